The highest BCUT2D eigenvalue weighted by molar-refractivity contribution is 7.89. The highest BCUT2D eigenvalue weighted by Crippen LogP contribution is 2.25. The number of aliphatic carboxylic acids is 1. The van der Waals surface area contributed by atoms with Gasteiger partial charge in [0.2, 0.25) is 10.0 Å². The van der Waals surface area contributed by atoms with Crippen LogP contribution in [0.3, 0.4) is 0 Å². The molecule has 0 spiro atoms. The SMILES string of the molecule is Cc1ccc(-c2cc(CCC(=O)O)nn2-c2ccc(S(N)(=O)=O)cc2)cc1. The van der Waals surface area contributed by atoms with Gasteiger partial charge in [0.1, 0.15) is 0 Å². The predicted molar refractivity (Wildman–Crippen MR) is 101 cm³/mol. The first kappa shape index (κ1) is 18.8. The van der Waals surface area contributed by atoms with Gasteiger partial charge in [0, 0.05) is 12.0 Å². The molecule has 0 atom stereocenters. The Bertz CT molecular complexity index is 1070. The minimum atomic E-state index is -3.78. The van der Waals surface area contributed by atoms with Gasteiger partial charge >= 0.3 is 5.97 Å². The third-order valence-corrected chi connectivity index (χ3v) is 5.04. The Hall–Kier alpha value is -2.97. The molecule has 3 aromatic rings. The Balaban J connectivity index is 2.06. The molecule has 3 N–H and O–H groups in total. The summed E-state index contributed by atoms with van der Waals surface area (Å²) in [6.07, 6.45) is 0.283. The zero-order valence-corrected chi connectivity index (χ0v) is 15.5. The van der Waals surface area contributed by atoms with Crippen molar-refractivity contribution in [1.82, 2.24) is 9.78 Å². The number of hydrogen-bond acceptors (Lipinski definition) is 4. The van der Waals surface area contributed by atoms with Gasteiger partial charge in [0.25, 0.3) is 0 Å². The molecule has 7 nitrogen and oxygen atoms in total. The van der Waals surface area contributed by atoms with E-state index in [1.54, 1.807) is 16.8 Å². The van der Waals surface area contributed by atoms with Crippen LogP contribution in [-0.2, 0) is 21.2 Å². The molecule has 0 aliphatic carbocycles. The average molecular weight is 385 g/mol. The molecule has 8 heteroatoms. The summed E-state index contributed by atoms with van der Waals surface area (Å²) in [5.74, 6) is -0.890. The third-order valence-electron chi connectivity index (χ3n) is 4.11. The second-order valence-corrected chi connectivity index (χ2v) is 7.79. The van der Waals surface area contributed by atoms with Gasteiger partial charge in [0.05, 0.1) is 28.4 Å². The van der Waals surface area contributed by atoms with E-state index < -0.39 is 16.0 Å². The van der Waals surface area contributed by atoms with Crippen LogP contribution in [0.15, 0.2) is 59.5 Å². The van der Waals surface area contributed by atoms with Crippen molar-refractivity contribution in [3.63, 3.8) is 0 Å². The second kappa shape index (κ2) is 7.34. The Morgan fingerprint density at radius 2 is 1.74 bits per heavy atom. The largest absolute Gasteiger partial charge is 0.481 e. The zero-order valence-electron chi connectivity index (χ0n) is 14.7. The molecule has 1 aromatic heterocycles. The van der Waals surface area contributed by atoms with Gasteiger partial charge in [-0.25, -0.2) is 18.2 Å². The third kappa shape index (κ3) is 4.42. The van der Waals surface area contributed by atoms with Crippen LogP contribution in [0.25, 0.3) is 16.9 Å². The molecule has 0 fully saturated rings. The summed E-state index contributed by atoms with van der Waals surface area (Å²) in [5, 5.41) is 18.6. The van der Waals surface area contributed by atoms with Gasteiger partial charge in [0.15, 0.2) is 0 Å². The fraction of sp³-hybridized carbons (Fsp3) is 0.158. The van der Waals surface area contributed by atoms with E-state index in [0.29, 0.717) is 17.8 Å². The van der Waals surface area contributed by atoms with E-state index in [2.05, 4.69) is 5.10 Å². The summed E-state index contributed by atoms with van der Waals surface area (Å²) in [7, 11) is -3.78. The Labute approximate surface area is 157 Å². The summed E-state index contributed by atoms with van der Waals surface area (Å²) in [6.45, 7) is 1.99. The molecule has 0 amide bonds. The molecule has 0 saturated heterocycles. The highest BCUT2D eigenvalue weighted by Gasteiger charge is 2.14. The number of hydrogen-bond donors (Lipinski definition) is 2. The maximum atomic E-state index is 11.5. The number of carboxylic acids is 1. The number of nitrogens with two attached hydrogens (primary N) is 1. The lowest BCUT2D eigenvalue weighted by Gasteiger charge is -2.08. The number of sulfonamides is 1. The molecular formula is C19H19N3O4S. The number of primary sulfonamides is 1. The quantitative estimate of drug-likeness (QED) is 0.676. The van der Waals surface area contributed by atoms with Crippen molar-refractivity contribution in [3.8, 4) is 16.9 Å². The van der Waals surface area contributed by atoms with E-state index in [4.69, 9.17) is 10.2 Å². The predicted octanol–water partition coefficient (Wildman–Crippen LogP) is 2.51. The molecule has 0 unspecified atom stereocenters. The van der Waals surface area contributed by atoms with Crippen LogP contribution >= 0.6 is 0 Å². The highest BCUT2D eigenvalue weighted by atomic mass is 32.2. The average Bonchev–Trinajstić information content (AvgIpc) is 3.04. The summed E-state index contributed by atoms with van der Waals surface area (Å²) >= 11 is 0. The number of nitrogens with zero attached hydrogens (tertiary/aromatic N) is 2. The molecule has 0 radical (unpaired) electrons. The molecule has 0 aliphatic heterocycles. The monoisotopic (exact) mass is 385 g/mol. The summed E-state index contributed by atoms with van der Waals surface area (Å²) in [6, 6.07) is 15.8. The number of rotatable bonds is 6. The van der Waals surface area contributed by atoms with Crippen LogP contribution in [0.1, 0.15) is 17.7 Å². The number of aromatic nitrogens is 2. The van der Waals surface area contributed by atoms with Crippen molar-refractivity contribution in [3.05, 3.63) is 65.9 Å². The van der Waals surface area contributed by atoms with Gasteiger partial charge < -0.3 is 5.11 Å². The first-order valence-electron chi connectivity index (χ1n) is 8.25. The number of benzene rings is 2. The lowest BCUT2D eigenvalue weighted by atomic mass is 10.1. The van der Waals surface area contributed by atoms with Crippen molar-refractivity contribution in [2.75, 3.05) is 0 Å². The van der Waals surface area contributed by atoms with Crippen molar-refractivity contribution in [1.29, 1.82) is 0 Å². The minimum absolute atomic E-state index is 0.0152. The minimum Gasteiger partial charge on any atom is -0.481 e. The van der Waals surface area contributed by atoms with Crippen LogP contribution in [0.2, 0.25) is 0 Å². The summed E-state index contributed by atoms with van der Waals surface area (Å²) in [4.78, 5) is 10.9. The van der Waals surface area contributed by atoms with Crippen molar-refractivity contribution in [2.24, 2.45) is 5.14 Å². The maximum Gasteiger partial charge on any atom is 0.303 e. The Morgan fingerprint density at radius 3 is 2.30 bits per heavy atom. The van der Waals surface area contributed by atoms with E-state index >= 15 is 0 Å². The summed E-state index contributed by atoms with van der Waals surface area (Å²) < 4.78 is 24.6. The van der Waals surface area contributed by atoms with E-state index in [1.165, 1.54) is 12.1 Å². The van der Waals surface area contributed by atoms with E-state index in [1.807, 2.05) is 37.3 Å². The van der Waals surface area contributed by atoms with Crippen molar-refractivity contribution >= 4 is 16.0 Å². The van der Waals surface area contributed by atoms with Gasteiger partial charge in [-0.15, -0.1) is 0 Å². The van der Waals surface area contributed by atoms with Crippen LogP contribution in [0, 0.1) is 6.92 Å². The van der Waals surface area contributed by atoms with Gasteiger partial charge in [-0.2, -0.15) is 5.10 Å². The molecule has 27 heavy (non-hydrogen) atoms. The van der Waals surface area contributed by atoms with Crippen LogP contribution in [0.5, 0.6) is 0 Å². The number of aryl methyl sites for hydroxylation is 2. The molecule has 0 saturated carbocycles. The standard InChI is InChI=1S/C19H19N3O4S/c1-13-2-4-14(5-3-13)18-12-15(6-11-19(23)24)21-22(18)16-7-9-17(10-8-16)27(20,25)26/h2-5,7-10,12H,6,11H2,1H3,(H,23,24)(H2,20,25,26). The Morgan fingerprint density at radius 1 is 1.11 bits per heavy atom. The Kier molecular flexibility index (Phi) is 5.11. The second-order valence-electron chi connectivity index (χ2n) is 6.23. The van der Waals surface area contributed by atoms with E-state index in [-0.39, 0.29) is 11.3 Å². The molecular weight excluding hydrogens is 366 g/mol. The molecule has 2 aromatic carbocycles. The van der Waals surface area contributed by atoms with Crippen LogP contribution < -0.4 is 5.14 Å². The number of carboxylic acid groups (broad SMARTS) is 1. The van der Waals surface area contributed by atoms with Crippen molar-refractivity contribution in [2.45, 2.75) is 24.7 Å². The van der Waals surface area contributed by atoms with Gasteiger partial charge in [-0.05, 0) is 37.3 Å². The van der Waals surface area contributed by atoms with E-state index in [9.17, 15) is 13.2 Å². The van der Waals surface area contributed by atoms with Gasteiger partial charge in [-0.1, -0.05) is 29.8 Å². The van der Waals surface area contributed by atoms with Gasteiger partial charge in [-0.3, -0.25) is 4.79 Å². The number of carbonyl (C=O) groups is 1. The fourth-order valence-electron chi connectivity index (χ4n) is 2.69. The first-order chi connectivity index (χ1) is 12.7. The molecule has 0 bridgehead atoms. The topological polar surface area (TPSA) is 115 Å². The first-order valence-corrected chi connectivity index (χ1v) is 9.80. The van der Waals surface area contributed by atoms with Crippen molar-refractivity contribution < 1.29 is 18.3 Å². The zero-order chi connectivity index (χ0) is 19.6. The lowest BCUT2D eigenvalue weighted by Crippen LogP contribution is -2.12. The normalized spacial score (nSPS) is 11.5. The lowest BCUT2D eigenvalue weighted by molar-refractivity contribution is -0.136. The maximum absolute atomic E-state index is 11.5. The fourth-order valence-corrected chi connectivity index (χ4v) is 3.21. The smallest absolute Gasteiger partial charge is 0.303 e. The molecule has 0 aliphatic rings. The molecule has 140 valence electrons. The van der Waals surface area contributed by atoms with Crippen LogP contribution in [-0.4, -0.2) is 29.3 Å². The summed E-state index contributed by atoms with van der Waals surface area (Å²) in [5.41, 5.74) is 4.13. The molecule has 1 heterocycles. The molecule has 3 rings (SSSR count). The van der Waals surface area contributed by atoms with Crippen LogP contribution in [0.4, 0.5) is 0 Å². The van der Waals surface area contributed by atoms with E-state index in [0.717, 1.165) is 16.8 Å².